The van der Waals surface area contributed by atoms with Gasteiger partial charge >= 0.3 is 0 Å². The van der Waals surface area contributed by atoms with E-state index in [1.165, 1.54) is 46.9 Å². The van der Waals surface area contributed by atoms with Crippen LogP contribution < -0.4 is 0 Å². The molecule has 0 fully saturated rings. The molecule has 110 valence electrons. The van der Waals surface area contributed by atoms with Crippen LogP contribution in [0.3, 0.4) is 0 Å². The highest BCUT2D eigenvalue weighted by Gasteiger charge is 2.12. The number of nitrogens with zero attached hydrogens (tertiary/aromatic N) is 1. The van der Waals surface area contributed by atoms with Crippen LogP contribution in [0, 0.1) is 3.57 Å². The molecule has 0 aliphatic carbocycles. The first-order valence-corrected chi connectivity index (χ1v) is 8.79. The fraction of sp³-hybridized carbons (Fsp3) is 0.0476. The number of aromatic nitrogens is 1. The minimum absolute atomic E-state index is 1.28. The van der Waals surface area contributed by atoms with E-state index in [1.54, 1.807) is 0 Å². The van der Waals surface area contributed by atoms with Gasteiger partial charge < -0.3 is 4.57 Å². The van der Waals surface area contributed by atoms with Crippen LogP contribution in [0.5, 0.6) is 0 Å². The topological polar surface area (TPSA) is 4.93 Å². The first-order chi connectivity index (χ1) is 11.2. The zero-order chi connectivity index (χ0) is 15.6. The summed E-state index contributed by atoms with van der Waals surface area (Å²) in [6, 6.07) is 24.4. The van der Waals surface area contributed by atoms with Crippen LogP contribution in [0.1, 0.15) is 0 Å². The SMILES string of the molecule is Cn1c2ccc(I)cc2c2ccc3cc4ccccc4cc3c21. The molecular formula is C21H14IN. The Morgan fingerprint density at radius 1 is 0.696 bits per heavy atom. The normalized spacial score (nSPS) is 11.9. The van der Waals surface area contributed by atoms with Crippen molar-refractivity contribution in [3.05, 3.63) is 70.3 Å². The first kappa shape index (κ1) is 13.4. The molecule has 0 aliphatic heterocycles. The number of rotatable bonds is 0. The Hall–Kier alpha value is -2.07. The predicted octanol–water partition coefficient (Wildman–Crippen LogP) is 6.24. The number of fused-ring (bicyclic) bond motifs is 6. The highest BCUT2D eigenvalue weighted by molar-refractivity contribution is 14.1. The van der Waals surface area contributed by atoms with Gasteiger partial charge in [-0.05, 0) is 69.1 Å². The minimum atomic E-state index is 1.28. The van der Waals surface area contributed by atoms with Gasteiger partial charge in [0.1, 0.15) is 0 Å². The van der Waals surface area contributed by atoms with Crippen molar-refractivity contribution in [2.45, 2.75) is 0 Å². The molecule has 0 saturated carbocycles. The molecule has 0 bridgehead atoms. The molecule has 0 radical (unpaired) electrons. The third kappa shape index (κ3) is 1.84. The number of aryl methyl sites for hydroxylation is 1. The molecule has 0 unspecified atom stereocenters. The molecule has 1 heterocycles. The average molecular weight is 407 g/mol. The summed E-state index contributed by atoms with van der Waals surface area (Å²) in [7, 11) is 2.17. The van der Waals surface area contributed by atoms with Crippen molar-refractivity contribution in [2.75, 3.05) is 0 Å². The van der Waals surface area contributed by atoms with Gasteiger partial charge in [-0.1, -0.05) is 36.4 Å². The highest BCUT2D eigenvalue weighted by atomic mass is 127. The summed E-state index contributed by atoms with van der Waals surface area (Å²) >= 11 is 2.39. The van der Waals surface area contributed by atoms with E-state index in [0.717, 1.165) is 0 Å². The van der Waals surface area contributed by atoms with Crippen molar-refractivity contribution in [1.82, 2.24) is 4.57 Å². The van der Waals surface area contributed by atoms with Crippen molar-refractivity contribution in [2.24, 2.45) is 7.05 Å². The Morgan fingerprint density at radius 2 is 1.48 bits per heavy atom. The lowest BCUT2D eigenvalue weighted by Gasteiger charge is -2.06. The fourth-order valence-electron chi connectivity index (χ4n) is 3.71. The Morgan fingerprint density at radius 3 is 2.30 bits per heavy atom. The van der Waals surface area contributed by atoms with Crippen LogP contribution in [-0.4, -0.2) is 4.57 Å². The molecule has 0 atom stereocenters. The molecule has 1 aromatic heterocycles. The van der Waals surface area contributed by atoms with Crippen LogP contribution in [-0.2, 0) is 7.05 Å². The maximum Gasteiger partial charge on any atom is 0.0568 e. The zero-order valence-electron chi connectivity index (χ0n) is 12.7. The summed E-state index contributed by atoms with van der Waals surface area (Å²) in [5.41, 5.74) is 2.62. The Labute approximate surface area is 147 Å². The lowest BCUT2D eigenvalue weighted by molar-refractivity contribution is 1.02. The average Bonchev–Trinajstić information content (AvgIpc) is 2.85. The van der Waals surface area contributed by atoms with Crippen molar-refractivity contribution < 1.29 is 0 Å². The third-order valence-corrected chi connectivity index (χ3v) is 5.47. The second-order valence-electron chi connectivity index (χ2n) is 6.10. The molecule has 0 N–H and O–H groups in total. The van der Waals surface area contributed by atoms with E-state index in [1.807, 2.05) is 0 Å². The summed E-state index contributed by atoms with van der Waals surface area (Å²) in [4.78, 5) is 0. The van der Waals surface area contributed by atoms with Crippen LogP contribution in [0.15, 0.2) is 66.7 Å². The maximum absolute atomic E-state index is 2.39. The van der Waals surface area contributed by atoms with Gasteiger partial charge in [0.25, 0.3) is 0 Å². The Kier molecular flexibility index (Phi) is 2.74. The molecule has 1 nitrogen and oxygen atoms in total. The van der Waals surface area contributed by atoms with Gasteiger partial charge in [-0.3, -0.25) is 0 Å². The van der Waals surface area contributed by atoms with Crippen molar-refractivity contribution >= 4 is 65.9 Å². The molecule has 5 aromatic rings. The van der Waals surface area contributed by atoms with Gasteiger partial charge in [0, 0.05) is 32.3 Å². The van der Waals surface area contributed by atoms with Crippen molar-refractivity contribution in [1.29, 1.82) is 0 Å². The van der Waals surface area contributed by atoms with E-state index in [9.17, 15) is 0 Å². The first-order valence-electron chi connectivity index (χ1n) is 7.71. The monoisotopic (exact) mass is 407 g/mol. The van der Waals surface area contributed by atoms with Gasteiger partial charge in [0.15, 0.2) is 0 Å². The van der Waals surface area contributed by atoms with E-state index in [0.29, 0.717) is 0 Å². The molecule has 0 spiro atoms. The van der Waals surface area contributed by atoms with Crippen LogP contribution in [0.2, 0.25) is 0 Å². The number of benzene rings is 4. The predicted molar refractivity (Wildman–Crippen MR) is 108 cm³/mol. The van der Waals surface area contributed by atoms with E-state index < -0.39 is 0 Å². The van der Waals surface area contributed by atoms with E-state index in [2.05, 4.69) is 101 Å². The maximum atomic E-state index is 2.39. The van der Waals surface area contributed by atoms with Crippen LogP contribution >= 0.6 is 22.6 Å². The second kappa shape index (κ2) is 4.71. The molecule has 0 aliphatic rings. The van der Waals surface area contributed by atoms with Gasteiger partial charge in [-0.25, -0.2) is 0 Å². The third-order valence-electron chi connectivity index (χ3n) is 4.80. The summed E-state index contributed by atoms with van der Waals surface area (Å²) in [6.45, 7) is 0. The van der Waals surface area contributed by atoms with E-state index >= 15 is 0 Å². The number of halogens is 1. The summed E-state index contributed by atoms with van der Waals surface area (Å²) in [5.74, 6) is 0. The highest BCUT2D eigenvalue weighted by Crippen LogP contribution is 2.35. The smallest absolute Gasteiger partial charge is 0.0568 e. The van der Waals surface area contributed by atoms with Crippen molar-refractivity contribution in [3.8, 4) is 0 Å². The van der Waals surface area contributed by atoms with Crippen LogP contribution in [0.25, 0.3) is 43.4 Å². The second-order valence-corrected chi connectivity index (χ2v) is 7.35. The molecule has 4 aromatic carbocycles. The molecule has 0 saturated heterocycles. The minimum Gasteiger partial charge on any atom is -0.343 e. The summed E-state index contributed by atoms with van der Waals surface area (Å²) in [5, 5.41) is 7.90. The standard InChI is InChI=1S/C21H14IN/c1-23-20-9-7-16(22)12-19(20)17-8-6-15-10-13-4-2-3-5-14(13)11-18(15)21(17)23/h2-12H,1H3. The largest absolute Gasteiger partial charge is 0.343 e. The van der Waals surface area contributed by atoms with Gasteiger partial charge in [-0.15, -0.1) is 0 Å². The number of hydrogen-bond donors (Lipinski definition) is 0. The lowest BCUT2D eigenvalue weighted by Crippen LogP contribution is -1.88. The summed E-state index contributed by atoms with van der Waals surface area (Å²) < 4.78 is 3.61. The molecule has 2 heteroatoms. The van der Waals surface area contributed by atoms with Crippen LogP contribution in [0.4, 0.5) is 0 Å². The summed E-state index contributed by atoms with van der Waals surface area (Å²) in [6.07, 6.45) is 0. The number of hydrogen-bond acceptors (Lipinski definition) is 0. The van der Waals surface area contributed by atoms with E-state index in [-0.39, 0.29) is 0 Å². The Bertz CT molecular complexity index is 1230. The quantitative estimate of drug-likeness (QED) is 0.212. The fourth-order valence-corrected chi connectivity index (χ4v) is 4.20. The molecule has 5 rings (SSSR count). The lowest BCUT2D eigenvalue weighted by atomic mass is 10.0. The molecule has 0 amide bonds. The van der Waals surface area contributed by atoms with E-state index in [4.69, 9.17) is 0 Å². The van der Waals surface area contributed by atoms with Crippen molar-refractivity contribution in [3.63, 3.8) is 0 Å². The zero-order valence-corrected chi connectivity index (χ0v) is 14.8. The van der Waals surface area contributed by atoms with Gasteiger partial charge in [-0.2, -0.15) is 0 Å². The molecular weight excluding hydrogens is 393 g/mol. The molecule has 23 heavy (non-hydrogen) atoms. The van der Waals surface area contributed by atoms with Gasteiger partial charge in [0.2, 0.25) is 0 Å². The van der Waals surface area contributed by atoms with Gasteiger partial charge in [0.05, 0.1) is 5.52 Å². The Balaban J connectivity index is 2.06.